The summed E-state index contributed by atoms with van der Waals surface area (Å²) in [5.41, 5.74) is -1.45. The van der Waals surface area contributed by atoms with Gasteiger partial charge in [0.05, 0.1) is 0 Å². The van der Waals surface area contributed by atoms with E-state index in [0.29, 0.717) is 19.6 Å². The average molecular weight is 373 g/mol. The maximum Gasteiger partial charge on any atom is 0.433 e. The van der Waals surface area contributed by atoms with Crippen LogP contribution in [-0.4, -0.2) is 48.3 Å². The molecule has 0 N–H and O–H groups in total. The normalized spacial score (nSPS) is 18.6. The lowest BCUT2D eigenvalue weighted by Crippen LogP contribution is -2.45. The molecular formula is C18H26F3N3O2. The fourth-order valence-corrected chi connectivity index (χ4v) is 2.98. The van der Waals surface area contributed by atoms with Crippen LogP contribution < -0.4 is 4.90 Å². The van der Waals surface area contributed by atoms with Gasteiger partial charge in [0.25, 0.3) is 0 Å². The summed E-state index contributed by atoms with van der Waals surface area (Å²) in [4.78, 5) is 19.3. The molecular weight excluding hydrogens is 347 g/mol. The Morgan fingerprint density at radius 3 is 2.65 bits per heavy atom. The van der Waals surface area contributed by atoms with Crippen LogP contribution in [0.3, 0.4) is 0 Å². The Labute approximate surface area is 152 Å². The number of piperidine rings is 1. The van der Waals surface area contributed by atoms with Crippen molar-refractivity contribution in [3.8, 4) is 0 Å². The molecule has 0 radical (unpaired) electrons. The molecule has 146 valence electrons. The number of pyridine rings is 1. The number of carbonyl (C=O) groups is 1. The lowest BCUT2D eigenvalue weighted by atomic mass is 9.98. The highest BCUT2D eigenvalue weighted by molar-refractivity contribution is 5.68. The Bertz CT molecular complexity index is 629. The van der Waals surface area contributed by atoms with E-state index in [2.05, 4.69) is 4.98 Å². The first-order chi connectivity index (χ1) is 12.0. The minimum Gasteiger partial charge on any atom is -0.444 e. The quantitative estimate of drug-likeness (QED) is 0.797. The Hall–Kier alpha value is -1.99. The molecule has 1 saturated heterocycles. The smallest absolute Gasteiger partial charge is 0.433 e. The van der Waals surface area contributed by atoms with Gasteiger partial charge in [-0.25, -0.2) is 9.78 Å². The molecule has 1 aromatic rings. The molecule has 1 unspecified atom stereocenters. The molecule has 2 rings (SSSR count). The number of alkyl halides is 3. The van der Waals surface area contributed by atoms with E-state index in [1.54, 1.807) is 22.9 Å². The van der Waals surface area contributed by atoms with Crippen LogP contribution in [0.5, 0.6) is 0 Å². The topological polar surface area (TPSA) is 45.7 Å². The summed E-state index contributed by atoms with van der Waals surface area (Å²) in [7, 11) is 1.72. The number of aromatic nitrogens is 1. The molecule has 1 aromatic heterocycles. The van der Waals surface area contributed by atoms with E-state index in [1.165, 1.54) is 6.07 Å². The van der Waals surface area contributed by atoms with Crippen molar-refractivity contribution in [1.82, 2.24) is 9.88 Å². The van der Waals surface area contributed by atoms with Crippen molar-refractivity contribution in [3.63, 3.8) is 0 Å². The van der Waals surface area contributed by atoms with Crippen LogP contribution in [0.15, 0.2) is 18.2 Å². The third-order valence-corrected chi connectivity index (χ3v) is 4.12. The maximum absolute atomic E-state index is 12.8. The van der Waals surface area contributed by atoms with Crippen molar-refractivity contribution in [3.05, 3.63) is 23.9 Å². The van der Waals surface area contributed by atoms with Gasteiger partial charge in [-0.15, -0.1) is 0 Å². The molecule has 26 heavy (non-hydrogen) atoms. The van der Waals surface area contributed by atoms with Crippen molar-refractivity contribution in [2.75, 3.05) is 31.6 Å². The molecule has 0 bridgehead atoms. The predicted octanol–water partition coefficient (Wildman–Crippen LogP) is 4.18. The van der Waals surface area contributed by atoms with E-state index < -0.39 is 17.5 Å². The zero-order chi connectivity index (χ0) is 19.5. The number of rotatable bonds is 3. The van der Waals surface area contributed by atoms with Gasteiger partial charge in [0.2, 0.25) is 0 Å². The van der Waals surface area contributed by atoms with Crippen molar-refractivity contribution in [2.45, 2.75) is 45.4 Å². The van der Waals surface area contributed by atoms with Crippen LogP contribution >= 0.6 is 0 Å². The van der Waals surface area contributed by atoms with Crippen molar-refractivity contribution < 1.29 is 22.7 Å². The average Bonchev–Trinajstić information content (AvgIpc) is 2.53. The molecule has 1 aliphatic rings. The first-order valence-corrected chi connectivity index (χ1v) is 8.69. The number of anilines is 1. The fraction of sp³-hybridized carbons (Fsp3) is 0.667. The molecule has 5 nitrogen and oxygen atoms in total. The molecule has 0 spiro atoms. The number of nitrogens with zero attached hydrogens (tertiary/aromatic N) is 3. The SMILES string of the molecule is CN(CC1CCCN(C(=O)OC(C)(C)C)C1)c1cccc(C(F)(F)F)n1. The van der Waals surface area contributed by atoms with Gasteiger partial charge < -0.3 is 14.5 Å². The molecule has 1 fully saturated rings. The zero-order valence-corrected chi connectivity index (χ0v) is 15.6. The number of carbonyl (C=O) groups excluding carboxylic acids is 1. The van der Waals surface area contributed by atoms with Gasteiger partial charge in [0.1, 0.15) is 17.1 Å². The maximum atomic E-state index is 12.8. The van der Waals surface area contributed by atoms with Crippen LogP contribution in [0.1, 0.15) is 39.3 Å². The Kier molecular flexibility index (Phi) is 6.03. The second-order valence-electron chi connectivity index (χ2n) is 7.69. The minimum atomic E-state index is -4.46. The number of hydrogen-bond acceptors (Lipinski definition) is 4. The molecule has 0 saturated carbocycles. The highest BCUT2D eigenvalue weighted by Crippen LogP contribution is 2.29. The summed E-state index contributed by atoms with van der Waals surface area (Å²) in [6, 6.07) is 3.88. The zero-order valence-electron chi connectivity index (χ0n) is 15.6. The lowest BCUT2D eigenvalue weighted by molar-refractivity contribution is -0.141. The lowest BCUT2D eigenvalue weighted by Gasteiger charge is -2.35. The van der Waals surface area contributed by atoms with Crippen molar-refractivity contribution in [1.29, 1.82) is 0 Å². The number of halogens is 3. The largest absolute Gasteiger partial charge is 0.444 e. The van der Waals surface area contributed by atoms with Gasteiger partial charge in [-0.05, 0) is 51.7 Å². The second kappa shape index (κ2) is 7.72. The molecule has 8 heteroatoms. The summed E-state index contributed by atoms with van der Waals surface area (Å²) in [5, 5.41) is 0. The molecule has 2 heterocycles. The fourth-order valence-electron chi connectivity index (χ4n) is 2.98. The van der Waals surface area contributed by atoms with Gasteiger partial charge in [0.15, 0.2) is 0 Å². The Balaban J connectivity index is 1.98. The number of ether oxygens (including phenoxy) is 1. The van der Waals surface area contributed by atoms with Crippen LogP contribution in [0.4, 0.5) is 23.8 Å². The van der Waals surface area contributed by atoms with Crippen LogP contribution in [0.2, 0.25) is 0 Å². The van der Waals surface area contributed by atoms with E-state index in [4.69, 9.17) is 4.74 Å². The van der Waals surface area contributed by atoms with Gasteiger partial charge in [-0.1, -0.05) is 6.07 Å². The summed E-state index contributed by atoms with van der Waals surface area (Å²) in [5.74, 6) is 0.423. The monoisotopic (exact) mass is 373 g/mol. The summed E-state index contributed by atoms with van der Waals surface area (Å²) in [6.45, 7) is 7.14. The van der Waals surface area contributed by atoms with E-state index in [-0.39, 0.29) is 17.8 Å². The van der Waals surface area contributed by atoms with Crippen LogP contribution in [0, 0.1) is 5.92 Å². The molecule has 1 amide bonds. The molecule has 0 aromatic carbocycles. The molecule has 1 aliphatic heterocycles. The summed E-state index contributed by atoms with van der Waals surface area (Å²) in [6.07, 6.45) is -3.06. The van der Waals surface area contributed by atoms with Gasteiger partial charge in [-0.2, -0.15) is 13.2 Å². The Morgan fingerprint density at radius 2 is 2.04 bits per heavy atom. The standard InChI is InChI=1S/C18H26F3N3O2/c1-17(2,3)26-16(25)24-10-6-7-13(12-24)11-23(4)15-9-5-8-14(22-15)18(19,20)21/h5,8-9,13H,6-7,10-12H2,1-4H3. The summed E-state index contributed by atoms with van der Waals surface area (Å²) >= 11 is 0. The van der Waals surface area contributed by atoms with Gasteiger partial charge in [0, 0.05) is 26.7 Å². The number of likely N-dealkylation sites (tertiary alicyclic amines) is 1. The van der Waals surface area contributed by atoms with Gasteiger partial charge in [-0.3, -0.25) is 0 Å². The number of amides is 1. The van der Waals surface area contributed by atoms with Gasteiger partial charge >= 0.3 is 12.3 Å². The van der Waals surface area contributed by atoms with Crippen molar-refractivity contribution >= 4 is 11.9 Å². The van der Waals surface area contributed by atoms with Crippen molar-refractivity contribution in [2.24, 2.45) is 5.92 Å². The number of hydrogen-bond donors (Lipinski definition) is 0. The van der Waals surface area contributed by atoms with E-state index in [1.807, 2.05) is 20.8 Å². The highest BCUT2D eigenvalue weighted by atomic mass is 19.4. The first kappa shape index (κ1) is 20.3. The first-order valence-electron chi connectivity index (χ1n) is 8.69. The Morgan fingerprint density at radius 1 is 1.35 bits per heavy atom. The second-order valence-corrected chi connectivity index (χ2v) is 7.69. The van der Waals surface area contributed by atoms with Crippen LogP contribution in [0.25, 0.3) is 0 Å². The van der Waals surface area contributed by atoms with E-state index in [0.717, 1.165) is 18.9 Å². The predicted molar refractivity (Wildman–Crippen MR) is 93.0 cm³/mol. The molecule has 1 atom stereocenters. The highest BCUT2D eigenvalue weighted by Gasteiger charge is 2.33. The third kappa shape index (κ3) is 5.78. The summed E-state index contributed by atoms with van der Waals surface area (Å²) < 4.78 is 43.9. The minimum absolute atomic E-state index is 0.151. The van der Waals surface area contributed by atoms with Crippen LogP contribution in [-0.2, 0) is 10.9 Å². The third-order valence-electron chi connectivity index (χ3n) is 4.12. The van der Waals surface area contributed by atoms with E-state index >= 15 is 0 Å². The molecule has 0 aliphatic carbocycles. The van der Waals surface area contributed by atoms with E-state index in [9.17, 15) is 18.0 Å².